The van der Waals surface area contributed by atoms with Gasteiger partial charge in [-0.3, -0.25) is 9.10 Å². The zero-order valence-electron chi connectivity index (χ0n) is 11.3. The Morgan fingerprint density at radius 1 is 1.37 bits per heavy atom. The molecule has 7 heteroatoms. The Labute approximate surface area is 118 Å². The average Bonchev–Trinajstić information content (AvgIpc) is 2.26. The van der Waals surface area contributed by atoms with Crippen LogP contribution in [0, 0.1) is 0 Å². The van der Waals surface area contributed by atoms with Crippen molar-refractivity contribution in [3.05, 3.63) is 28.8 Å². The van der Waals surface area contributed by atoms with Crippen molar-refractivity contribution in [3.63, 3.8) is 0 Å². The van der Waals surface area contributed by atoms with Crippen LogP contribution in [0.25, 0.3) is 0 Å². The highest BCUT2D eigenvalue weighted by molar-refractivity contribution is 7.92. The van der Waals surface area contributed by atoms with Crippen molar-refractivity contribution in [3.8, 4) is 0 Å². The summed E-state index contributed by atoms with van der Waals surface area (Å²) in [4.78, 5) is 11.9. The first kappa shape index (κ1) is 15.8. The normalized spacial score (nSPS) is 11.5. The maximum absolute atomic E-state index is 11.9. The van der Waals surface area contributed by atoms with E-state index in [0.717, 1.165) is 10.6 Å². The van der Waals surface area contributed by atoms with Crippen molar-refractivity contribution in [2.45, 2.75) is 19.9 Å². The summed E-state index contributed by atoms with van der Waals surface area (Å²) in [6.07, 6.45) is 1.07. The molecule has 1 aromatic rings. The number of halogens is 1. The van der Waals surface area contributed by atoms with Crippen LogP contribution >= 0.6 is 11.6 Å². The molecule has 0 bridgehead atoms. The molecule has 19 heavy (non-hydrogen) atoms. The first-order valence-electron chi connectivity index (χ1n) is 5.67. The third kappa shape index (κ3) is 4.11. The zero-order chi connectivity index (χ0) is 14.8. The predicted octanol–water partition coefficient (Wildman–Crippen LogP) is 1.87. The SMILES string of the molecule is CC(C)NC(=O)c1ccc(Cl)c(N(C)S(C)(=O)=O)c1. The van der Waals surface area contributed by atoms with E-state index in [9.17, 15) is 13.2 Å². The van der Waals surface area contributed by atoms with Crippen LogP contribution in [-0.4, -0.2) is 33.7 Å². The second-order valence-corrected chi connectivity index (χ2v) is 6.95. The molecule has 0 atom stereocenters. The van der Waals surface area contributed by atoms with E-state index in [1.807, 2.05) is 13.8 Å². The van der Waals surface area contributed by atoms with Gasteiger partial charge < -0.3 is 5.32 Å². The second-order valence-electron chi connectivity index (χ2n) is 4.52. The van der Waals surface area contributed by atoms with Crippen LogP contribution in [0.1, 0.15) is 24.2 Å². The van der Waals surface area contributed by atoms with Gasteiger partial charge in [0, 0.05) is 18.7 Å². The molecule has 0 fully saturated rings. The summed E-state index contributed by atoms with van der Waals surface area (Å²) >= 11 is 5.97. The molecule has 1 N–H and O–H groups in total. The molecule has 1 rings (SSSR count). The number of carbonyl (C=O) groups is 1. The Hall–Kier alpha value is -1.27. The molecule has 1 aromatic carbocycles. The van der Waals surface area contributed by atoms with E-state index in [1.165, 1.54) is 19.2 Å². The number of anilines is 1. The van der Waals surface area contributed by atoms with Gasteiger partial charge in [0.15, 0.2) is 0 Å². The van der Waals surface area contributed by atoms with E-state index in [0.29, 0.717) is 5.56 Å². The molecular weight excluding hydrogens is 288 g/mol. The molecule has 0 radical (unpaired) electrons. The minimum absolute atomic E-state index is 0.000680. The van der Waals surface area contributed by atoms with Crippen LogP contribution in [-0.2, 0) is 10.0 Å². The third-order valence-corrected chi connectivity index (χ3v) is 3.98. The summed E-state index contributed by atoms with van der Waals surface area (Å²) < 4.78 is 24.1. The summed E-state index contributed by atoms with van der Waals surface area (Å²) in [5.74, 6) is -0.269. The molecule has 0 heterocycles. The van der Waals surface area contributed by atoms with E-state index in [2.05, 4.69) is 5.32 Å². The molecule has 0 aliphatic heterocycles. The Balaban J connectivity index is 3.18. The summed E-state index contributed by atoms with van der Waals surface area (Å²) in [7, 11) is -2.04. The summed E-state index contributed by atoms with van der Waals surface area (Å²) in [5.41, 5.74) is 0.643. The van der Waals surface area contributed by atoms with Crippen LogP contribution in [0.4, 0.5) is 5.69 Å². The van der Waals surface area contributed by atoms with Gasteiger partial charge in [-0.2, -0.15) is 0 Å². The van der Waals surface area contributed by atoms with Crippen molar-refractivity contribution in [2.24, 2.45) is 0 Å². The van der Waals surface area contributed by atoms with E-state index >= 15 is 0 Å². The Morgan fingerprint density at radius 3 is 2.42 bits per heavy atom. The first-order valence-corrected chi connectivity index (χ1v) is 7.90. The number of nitrogens with zero attached hydrogens (tertiary/aromatic N) is 1. The fraction of sp³-hybridized carbons (Fsp3) is 0.417. The fourth-order valence-electron chi connectivity index (χ4n) is 1.42. The summed E-state index contributed by atoms with van der Waals surface area (Å²) in [6.45, 7) is 3.69. The smallest absolute Gasteiger partial charge is 0.251 e. The van der Waals surface area contributed by atoms with Crippen molar-refractivity contribution in [1.82, 2.24) is 5.32 Å². The van der Waals surface area contributed by atoms with Crippen molar-refractivity contribution < 1.29 is 13.2 Å². The molecule has 1 amide bonds. The first-order chi connectivity index (χ1) is 8.62. The zero-order valence-corrected chi connectivity index (χ0v) is 12.8. The summed E-state index contributed by atoms with van der Waals surface area (Å²) in [5, 5.41) is 3.01. The number of amides is 1. The van der Waals surface area contributed by atoms with Gasteiger partial charge in [0.2, 0.25) is 10.0 Å². The van der Waals surface area contributed by atoms with Crippen molar-refractivity contribution in [2.75, 3.05) is 17.6 Å². The van der Waals surface area contributed by atoms with Gasteiger partial charge in [0.05, 0.1) is 17.0 Å². The number of benzene rings is 1. The quantitative estimate of drug-likeness (QED) is 0.923. The van der Waals surface area contributed by atoms with Gasteiger partial charge in [-0.25, -0.2) is 8.42 Å². The maximum Gasteiger partial charge on any atom is 0.251 e. The average molecular weight is 305 g/mol. The van der Waals surface area contributed by atoms with Gasteiger partial charge in [-0.1, -0.05) is 11.6 Å². The lowest BCUT2D eigenvalue weighted by Gasteiger charge is -2.19. The van der Waals surface area contributed by atoms with Crippen molar-refractivity contribution in [1.29, 1.82) is 0 Å². The molecule has 0 aliphatic carbocycles. The highest BCUT2D eigenvalue weighted by Crippen LogP contribution is 2.27. The Kier molecular flexibility index (Phi) is 4.81. The molecule has 106 valence electrons. The molecule has 0 spiro atoms. The molecule has 0 unspecified atom stereocenters. The van der Waals surface area contributed by atoms with Crippen LogP contribution in [0.15, 0.2) is 18.2 Å². The highest BCUT2D eigenvalue weighted by Gasteiger charge is 2.17. The van der Waals surface area contributed by atoms with Crippen molar-refractivity contribution >= 4 is 33.2 Å². The van der Waals surface area contributed by atoms with Gasteiger partial charge in [-0.05, 0) is 32.0 Å². The topological polar surface area (TPSA) is 66.5 Å². The van der Waals surface area contributed by atoms with Gasteiger partial charge in [0.25, 0.3) is 5.91 Å². The van der Waals surface area contributed by atoms with E-state index in [4.69, 9.17) is 11.6 Å². The molecular formula is C12H17ClN2O3S. The molecule has 0 aliphatic rings. The van der Waals surface area contributed by atoms with E-state index in [-0.39, 0.29) is 22.7 Å². The summed E-state index contributed by atoms with van der Waals surface area (Å²) in [6, 6.07) is 4.52. The largest absolute Gasteiger partial charge is 0.350 e. The second kappa shape index (κ2) is 5.79. The number of rotatable bonds is 4. The molecule has 0 saturated carbocycles. The highest BCUT2D eigenvalue weighted by atomic mass is 35.5. The Bertz CT molecular complexity index is 585. The van der Waals surface area contributed by atoms with Gasteiger partial charge >= 0.3 is 0 Å². The number of carbonyl (C=O) groups excluding carboxylic acids is 1. The fourth-order valence-corrected chi connectivity index (χ4v) is 2.22. The third-order valence-electron chi connectivity index (χ3n) is 2.46. The van der Waals surface area contributed by atoms with Gasteiger partial charge in [-0.15, -0.1) is 0 Å². The lowest BCUT2D eigenvalue weighted by atomic mass is 10.2. The number of nitrogens with one attached hydrogen (secondary N) is 1. The standard InChI is InChI=1S/C12H17ClN2O3S/c1-8(2)14-12(16)9-5-6-10(13)11(7-9)15(3)19(4,17)18/h5-8H,1-4H3,(H,14,16). The molecule has 5 nitrogen and oxygen atoms in total. The maximum atomic E-state index is 11.9. The van der Waals surface area contributed by atoms with E-state index < -0.39 is 10.0 Å². The lowest BCUT2D eigenvalue weighted by molar-refractivity contribution is 0.0943. The van der Waals surface area contributed by atoms with Crippen LogP contribution in [0.5, 0.6) is 0 Å². The van der Waals surface area contributed by atoms with Crippen LogP contribution < -0.4 is 9.62 Å². The molecule has 0 aromatic heterocycles. The monoisotopic (exact) mass is 304 g/mol. The van der Waals surface area contributed by atoms with E-state index in [1.54, 1.807) is 6.07 Å². The number of hydrogen-bond donors (Lipinski definition) is 1. The molecule has 0 saturated heterocycles. The lowest BCUT2D eigenvalue weighted by Crippen LogP contribution is -2.30. The van der Waals surface area contributed by atoms with Crippen LogP contribution in [0.2, 0.25) is 5.02 Å². The number of hydrogen-bond acceptors (Lipinski definition) is 3. The minimum atomic E-state index is -3.43. The minimum Gasteiger partial charge on any atom is -0.350 e. The van der Waals surface area contributed by atoms with Crippen LogP contribution in [0.3, 0.4) is 0 Å². The van der Waals surface area contributed by atoms with Gasteiger partial charge in [0.1, 0.15) is 0 Å². The Morgan fingerprint density at radius 2 is 1.95 bits per heavy atom. The predicted molar refractivity (Wildman–Crippen MR) is 77.3 cm³/mol. The number of sulfonamides is 1.